The van der Waals surface area contributed by atoms with Crippen molar-refractivity contribution < 1.29 is 18.8 Å². The van der Waals surface area contributed by atoms with Crippen LogP contribution in [0.5, 0.6) is 5.75 Å². The van der Waals surface area contributed by atoms with Crippen molar-refractivity contribution in [2.45, 2.75) is 20.5 Å². The van der Waals surface area contributed by atoms with Crippen molar-refractivity contribution in [3.8, 4) is 5.75 Å². The van der Waals surface area contributed by atoms with Gasteiger partial charge in [-0.1, -0.05) is 35.5 Å². The maximum Gasteiger partial charge on any atom is 0.400 e. The van der Waals surface area contributed by atoms with Gasteiger partial charge in [0.05, 0.1) is 0 Å². The number of hydrogen-bond acceptors (Lipinski definition) is 6. The summed E-state index contributed by atoms with van der Waals surface area (Å²) < 4.78 is 11.1. The summed E-state index contributed by atoms with van der Waals surface area (Å²) in [6, 6.07) is 16.0. The topological polar surface area (TPSA) is 113 Å². The number of hydrogen-bond donors (Lipinski definition) is 2. The van der Waals surface area contributed by atoms with Crippen molar-refractivity contribution in [3.63, 3.8) is 0 Å². The number of rotatable bonds is 6. The van der Waals surface area contributed by atoms with Gasteiger partial charge in [-0.15, -0.1) is 0 Å². The van der Waals surface area contributed by atoms with Gasteiger partial charge in [0.25, 0.3) is 0 Å². The van der Waals surface area contributed by atoms with Gasteiger partial charge >= 0.3 is 5.97 Å². The van der Waals surface area contributed by atoms with Crippen LogP contribution in [0, 0.1) is 13.8 Å². The molecule has 28 heavy (non-hydrogen) atoms. The Morgan fingerprint density at radius 1 is 1.07 bits per heavy atom. The molecule has 3 aromatic rings. The second kappa shape index (κ2) is 8.30. The van der Waals surface area contributed by atoms with E-state index in [1.165, 1.54) is 6.07 Å². The summed E-state index contributed by atoms with van der Waals surface area (Å²) in [7, 11) is 0. The molecular weight excluding hydrogens is 358 g/mol. The van der Waals surface area contributed by atoms with Gasteiger partial charge in [0.15, 0.2) is 5.84 Å². The van der Waals surface area contributed by atoms with E-state index in [4.69, 9.17) is 25.5 Å². The van der Waals surface area contributed by atoms with Crippen molar-refractivity contribution in [3.05, 3.63) is 82.8 Å². The Kier molecular flexibility index (Phi) is 5.64. The van der Waals surface area contributed by atoms with Gasteiger partial charge in [-0.3, -0.25) is 0 Å². The summed E-state index contributed by atoms with van der Waals surface area (Å²) >= 11 is 0. The normalized spacial score (nSPS) is 11.3. The fourth-order valence-corrected chi connectivity index (χ4v) is 2.55. The lowest BCUT2D eigenvalue weighted by molar-refractivity contribution is 0.0475. The predicted molar refractivity (Wildman–Crippen MR) is 106 cm³/mol. The van der Waals surface area contributed by atoms with E-state index in [1.807, 2.05) is 38.1 Å². The lowest BCUT2D eigenvalue weighted by Crippen LogP contribution is -2.17. The molecule has 1 heterocycles. The Labute approximate surface area is 162 Å². The van der Waals surface area contributed by atoms with Crippen molar-refractivity contribution in [1.29, 1.82) is 0 Å². The van der Waals surface area contributed by atoms with E-state index in [1.54, 1.807) is 24.3 Å². The van der Waals surface area contributed by atoms with Gasteiger partial charge in [0.2, 0.25) is 5.76 Å². The Morgan fingerprint density at radius 3 is 2.64 bits per heavy atom. The van der Waals surface area contributed by atoms with Crippen molar-refractivity contribution >= 4 is 17.5 Å². The van der Waals surface area contributed by atoms with Crippen LogP contribution < -0.4 is 16.2 Å². The quantitative estimate of drug-likeness (QED) is 0.223. The predicted octanol–water partition coefficient (Wildman–Crippen LogP) is 3.53. The molecule has 0 aliphatic carbocycles. The second-order valence-electron chi connectivity index (χ2n) is 6.20. The number of oxime groups is 1. The smallest absolute Gasteiger partial charge is 0.400 e. The summed E-state index contributed by atoms with van der Waals surface area (Å²) in [5.41, 5.74) is 14.7. The molecule has 0 fully saturated rings. The van der Waals surface area contributed by atoms with Gasteiger partial charge in [-0.05, 0) is 49.2 Å². The molecule has 2 aromatic carbocycles. The zero-order chi connectivity index (χ0) is 20.1. The lowest BCUT2D eigenvalue weighted by atomic mass is 10.1. The Morgan fingerprint density at radius 2 is 1.86 bits per heavy atom. The number of para-hydroxylation sites is 1. The summed E-state index contributed by atoms with van der Waals surface area (Å²) in [4.78, 5) is 17.0. The van der Waals surface area contributed by atoms with Gasteiger partial charge in [0, 0.05) is 11.3 Å². The third kappa shape index (κ3) is 4.32. The molecule has 7 nitrogen and oxygen atoms in total. The molecule has 0 radical (unpaired) electrons. The number of amidine groups is 1. The van der Waals surface area contributed by atoms with E-state index >= 15 is 0 Å². The van der Waals surface area contributed by atoms with Gasteiger partial charge in [0.1, 0.15) is 18.1 Å². The molecule has 0 saturated heterocycles. The zero-order valence-corrected chi connectivity index (χ0v) is 15.6. The summed E-state index contributed by atoms with van der Waals surface area (Å²) in [6.07, 6.45) is 0. The van der Waals surface area contributed by atoms with Crippen molar-refractivity contribution in [1.82, 2.24) is 0 Å². The minimum atomic E-state index is -0.758. The molecule has 0 atom stereocenters. The van der Waals surface area contributed by atoms with Crippen molar-refractivity contribution in [2.24, 2.45) is 10.9 Å². The van der Waals surface area contributed by atoms with E-state index in [-0.39, 0.29) is 18.2 Å². The highest BCUT2D eigenvalue weighted by atomic mass is 16.7. The molecule has 0 aliphatic rings. The SMILES string of the molecule is Cc1ccccc1OCc1ccc(C(=O)O/N=C(\N)c2cccc(N)c2C)o1. The lowest BCUT2D eigenvalue weighted by Gasteiger charge is -2.07. The molecular formula is C21H21N3O4. The van der Waals surface area contributed by atoms with E-state index in [0.717, 1.165) is 16.9 Å². The average molecular weight is 379 g/mol. The molecule has 4 N–H and O–H groups in total. The van der Waals surface area contributed by atoms with Gasteiger partial charge in [-0.25, -0.2) is 4.79 Å². The summed E-state index contributed by atoms with van der Waals surface area (Å²) in [5.74, 6) is 0.528. The second-order valence-corrected chi connectivity index (χ2v) is 6.20. The van der Waals surface area contributed by atoms with Crippen LogP contribution in [0.4, 0.5) is 5.69 Å². The van der Waals surface area contributed by atoms with E-state index < -0.39 is 5.97 Å². The first-order chi connectivity index (χ1) is 13.5. The minimum absolute atomic E-state index is 0.00392. The zero-order valence-electron chi connectivity index (χ0n) is 15.6. The first kappa shape index (κ1) is 19.0. The number of furan rings is 1. The number of ether oxygens (including phenoxy) is 1. The molecule has 7 heteroatoms. The number of carbonyl (C=O) groups is 1. The van der Waals surface area contributed by atoms with E-state index in [0.29, 0.717) is 17.0 Å². The number of aryl methyl sites for hydroxylation is 1. The number of anilines is 1. The largest absolute Gasteiger partial charge is 0.485 e. The van der Waals surface area contributed by atoms with Crippen LogP contribution in [0.3, 0.4) is 0 Å². The van der Waals surface area contributed by atoms with E-state index in [9.17, 15) is 4.79 Å². The first-order valence-electron chi connectivity index (χ1n) is 8.63. The highest BCUT2D eigenvalue weighted by molar-refractivity contribution is 6.00. The average Bonchev–Trinajstić information content (AvgIpc) is 3.16. The van der Waals surface area contributed by atoms with Crippen LogP contribution in [-0.4, -0.2) is 11.8 Å². The number of carbonyl (C=O) groups excluding carboxylic acids is 1. The Bertz CT molecular complexity index is 1020. The van der Waals surface area contributed by atoms with Crippen LogP contribution in [0.15, 0.2) is 64.2 Å². The molecule has 1 aromatic heterocycles. The third-order valence-corrected chi connectivity index (χ3v) is 4.20. The maximum absolute atomic E-state index is 12.1. The highest BCUT2D eigenvalue weighted by Gasteiger charge is 2.15. The molecule has 0 amide bonds. The van der Waals surface area contributed by atoms with Crippen LogP contribution in [0.2, 0.25) is 0 Å². The highest BCUT2D eigenvalue weighted by Crippen LogP contribution is 2.19. The first-order valence-corrected chi connectivity index (χ1v) is 8.63. The maximum atomic E-state index is 12.1. The molecule has 0 unspecified atom stereocenters. The number of nitrogen functional groups attached to an aromatic ring is 1. The number of nitrogens with zero attached hydrogens (tertiary/aromatic N) is 1. The van der Waals surface area contributed by atoms with Gasteiger partial charge < -0.3 is 25.5 Å². The van der Waals surface area contributed by atoms with Gasteiger partial charge in [-0.2, -0.15) is 0 Å². The van der Waals surface area contributed by atoms with Crippen LogP contribution >= 0.6 is 0 Å². The fraction of sp³-hybridized carbons (Fsp3) is 0.143. The third-order valence-electron chi connectivity index (χ3n) is 4.20. The summed E-state index contributed by atoms with van der Waals surface area (Å²) in [6.45, 7) is 3.94. The number of nitrogens with two attached hydrogens (primary N) is 2. The fourth-order valence-electron chi connectivity index (χ4n) is 2.55. The Balaban J connectivity index is 1.62. The standard InChI is InChI=1S/C21H21N3O4/c1-13-6-3-4-9-18(13)26-12-15-10-11-19(27-15)21(25)28-24-20(23)16-7-5-8-17(22)14(16)2/h3-11H,12,22H2,1-2H3,(H2,23,24). The Hall–Kier alpha value is -3.74. The van der Waals surface area contributed by atoms with Crippen LogP contribution in [0.25, 0.3) is 0 Å². The van der Waals surface area contributed by atoms with Crippen molar-refractivity contribution in [2.75, 3.05) is 5.73 Å². The minimum Gasteiger partial charge on any atom is -0.485 e. The molecule has 144 valence electrons. The van der Waals surface area contributed by atoms with Crippen LogP contribution in [0.1, 0.15) is 33.0 Å². The number of benzene rings is 2. The monoisotopic (exact) mass is 379 g/mol. The van der Waals surface area contributed by atoms with E-state index in [2.05, 4.69) is 5.16 Å². The molecule has 0 saturated carbocycles. The van der Waals surface area contributed by atoms with Crippen LogP contribution in [-0.2, 0) is 11.4 Å². The molecule has 0 spiro atoms. The molecule has 0 bridgehead atoms. The summed E-state index contributed by atoms with van der Waals surface area (Å²) in [5, 5.41) is 3.69. The molecule has 3 rings (SSSR count). The molecule has 0 aliphatic heterocycles.